The van der Waals surface area contributed by atoms with Crippen molar-refractivity contribution in [3.63, 3.8) is 0 Å². The maximum Gasteiger partial charge on any atom is 1.00 e. The monoisotopic (exact) mass is 401 g/mol. The van der Waals surface area contributed by atoms with E-state index in [4.69, 9.17) is 0 Å². The third-order valence-corrected chi connectivity index (χ3v) is 3.16. The molecular weight excluding hydrogens is 395 g/mol. The number of carboxylic acids is 1. The SMILES string of the molecule is O=C([O-])CC(NC(=O)CP(=O)([O-])[O-])P(=O)([O-])[O-].[Na+].[Na+].[Na+].[Na+].[Na+]. The molecule has 0 heterocycles. The van der Waals surface area contributed by atoms with Crippen LogP contribution in [0, 0.1) is 0 Å². The number of carbonyl (C=O) groups is 2. The Labute approximate surface area is 237 Å². The van der Waals surface area contributed by atoms with Gasteiger partial charge in [0.1, 0.15) is 0 Å². The van der Waals surface area contributed by atoms with Crippen molar-refractivity contribution in [2.75, 3.05) is 6.16 Å². The minimum atomic E-state index is -5.50. The summed E-state index contributed by atoms with van der Waals surface area (Å²) in [6.07, 6.45) is -2.91. The van der Waals surface area contributed by atoms with Gasteiger partial charge in [-0.1, -0.05) is 7.60 Å². The van der Waals surface area contributed by atoms with E-state index in [0.29, 0.717) is 0 Å². The predicted molar refractivity (Wildman–Crippen MR) is 41.6 cm³/mol. The second-order valence-corrected chi connectivity index (χ2v) is 6.21. The fourth-order valence-corrected chi connectivity index (χ4v) is 1.92. The van der Waals surface area contributed by atoms with Gasteiger partial charge in [0.25, 0.3) is 0 Å². The molecule has 1 N–H and O–H groups in total. The zero-order chi connectivity index (χ0) is 13.9. The zero-order valence-corrected chi connectivity index (χ0v) is 24.8. The Balaban J connectivity index is -0.000000128. The molecule has 10 nitrogen and oxygen atoms in total. The Morgan fingerprint density at radius 3 is 1.50 bits per heavy atom. The molecule has 0 saturated heterocycles. The van der Waals surface area contributed by atoms with Gasteiger partial charge < -0.3 is 43.9 Å². The topological polar surface area (TPSA) is 196 Å². The van der Waals surface area contributed by atoms with Crippen LogP contribution in [0.2, 0.25) is 0 Å². The standard InChI is InChI=1S/C5H11NO9P2.5Na/c7-3(2-16(10,11)12)6-4(1-5(8)9)17(13,14)15;;;;;/h4H,1-2H2,(H,6,7)(H,8,9)(H2,10,11,12)(H2,13,14,15);;;;;/q;5*+1/p-5. The third-order valence-electron chi connectivity index (χ3n) is 1.41. The predicted octanol–water partition coefficient (Wildman–Crippen LogP) is -20.6. The summed E-state index contributed by atoms with van der Waals surface area (Å²) in [5.74, 6) is -5.86. The summed E-state index contributed by atoms with van der Waals surface area (Å²) >= 11 is 0. The second-order valence-electron chi connectivity index (χ2n) is 2.97. The molecule has 0 fully saturated rings. The molecule has 0 aromatic rings. The van der Waals surface area contributed by atoms with Crippen molar-refractivity contribution >= 4 is 27.1 Å². The van der Waals surface area contributed by atoms with E-state index in [-0.39, 0.29) is 148 Å². The summed E-state index contributed by atoms with van der Waals surface area (Å²) in [7, 11) is -10.7. The Morgan fingerprint density at radius 1 is 0.909 bits per heavy atom. The summed E-state index contributed by atoms with van der Waals surface area (Å²) in [6, 6.07) is 0. The van der Waals surface area contributed by atoms with Gasteiger partial charge in [0, 0.05) is 12.4 Å². The minimum absolute atomic E-state index is 0. The molecule has 1 amide bonds. The molecule has 0 spiro atoms. The van der Waals surface area contributed by atoms with Gasteiger partial charge in [0.15, 0.2) is 0 Å². The van der Waals surface area contributed by atoms with E-state index < -0.39 is 45.4 Å². The van der Waals surface area contributed by atoms with Crippen LogP contribution in [0.25, 0.3) is 0 Å². The fourth-order valence-electron chi connectivity index (χ4n) is 0.807. The third kappa shape index (κ3) is 24.2. The van der Waals surface area contributed by atoms with Crippen LogP contribution in [0.5, 0.6) is 0 Å². The largest absolute Gasteiger partial charge is 1.00 e. The Bertz CT molecular complexity index is 411. The smallest absolute Gasteiger partial charge is 0.810 e. The molecule has 0 radical (unpaired) electrons. The van der Waals surface area contributed by atoms with Crippen LogP contribution in [0.15, 0.2) is 0 Å². The van der Waals surface area contributed by atoms with Crippen LogP contribution >= 0.6 is 15.2 Å². The van der Waals surface area contributed by atoms with E-state index in [9.17, 15) is 43.4 Å². The van der Waals surface area contributed by atoms with Crippen molar-refractivity contribution in [1.29, 1.82) is 0 Å². The fraction of sp³-hybridized carbons (Fsp3) is 0.600. The number of carboxylic acid groups (broad SMARTS) is 1. The normalized spacial score (nSPS) is 10.9. The van der Waals surface area contributed by atoms with Gasteiger partial charge in [-0.3, -0.25) is 4.79 Å². The number of rotatable bonds is 6. The molecule has 0 saturated carbocycles. The van der Waals surface area contributed by atoms with Gasteiger partial charge >= 0.3 is 148 Å². The van der Waals surface area contributed by atoms with E-state index >= 15 is 0 Å². The van der Waals surface area contributed by atoms with Crippen molar-refractivity contribution in [3.05, 3.63) is 0 Å². The minimum Gasteiger partial charge on any atom is -0.810 e. The van der Waals surface area contributed by atoms with Gasteiger partial charge in [-0.15, -0.1) is 0 Å². The molecule has 0 aromatic carbocycles. The van der Waals surface area contributed by atoms with E-state index in [1.54, 1.807) is 0 Å². The van der Waals surface area contributed by atoms with Crippen LogP contribution in [0.3, 0.4) is 0 Å². The van der Waals surface area contributed by atoms with Gasteiger partial charge in [-0.25, -0.2) is 0 Å². The maximum absolute atomic E-state index is 10.8. The van der Waals surface area contributed by atoms with Crippen molar-refractivity contribution in [1.82, 2.24) is 5.32 Å². The average Bonchev–Trinajstić information content (AvgIpc) is 1.95. The molecule has 1 atom stereocenters. The number of hydrogen-bond acceptors (Lipinski definition) is 9. The Hall–Kier alpha value is 4.24. The molecule has 0 aliphatic heterocycles. The van der Waals surface area contributed by atoms with Gasteiger partial charge in [0.05, 0.1) is 11.9 Å². The quantitative estimate of drug-likeness (QED) is 0.332. The summed E-state index contributed by atoms with van der Waals surface area (Å²) in [6.45, 7) is 0. The molecule has 0 rings (SSSR count). The first kappa shape index (κ1) is 40.8. The van der Waals surface area contributed by atoms with Crippen LogP contribution < -0.4 is 178 Å². The number of amides is 1. The molecular formula is C5H6NNa5O9P2. The summed E-state index contributed by atoms with van der Waals surface area (Å²) in [5.41, 5.74) is 0. The van der Waals surface area contributed by atoms with Crippen molar-refractivity contribution in [2.24, 2.45) is 0 Å². The summed E-state index contributed by atoms with van der Waals surface area (Å²) in [5, 5.41) is 11.4. The molecule has 0 bridgehead atoms. The van der Waals surface area contributed by atoms with Crippen LogP contribution in [-0.2, 0) is 18.7 Å². The van der Waals surface area contributed by atoms with Crippen LogP contribution in [-0.4, -0.2) is 23.8 Å². The molecule has 22 heavy (non-hydrogen) atoms. The maximum atomic E-state index is 10.8. The first-order valence-corrected chi connectivity index (χ1v) is 7.28. The van der Waals surface area contributed by atoms with Crippen molar-refractivity contribution in [2.45, 2.75) is 12.2 Å². The van der Waals surface area contributed by atoms with E-state index in [0.717, 1.165) is 0 Å². The van der Waals surface area contributed by atoms with E-state index in [1.807, 2.05) is 0 Å². The van der Waals surface area contributed by atoms with Crippen molar-refractivity contribution < 1.29 is 191 Å². The van der Waals surface area contributed by atoms with E-state index in [1.165, 1.54) is 5.32 Å². The molecule has 0 aliphatic carbocycles. The average molecular weight is 401 g/mol. The second kappa shape index (κ2) is 18.6. The summed E-state index contributed by atoms with van der Waals surface area (Å²) < 4.78 is 20.7. The number of carbonyl (C=O) groups excluding carboxylic acids is 2. The van der Waals surface area contributed by atoms with Crippen LogP contribution in [0.4, 0.5) is 0 Å². The summed E-state index contributed by atoms with van der Waals surface area (Å²) in [4.78, 5) is 62.2. The number of aliphatic carboxylic acids is 1. The number of nitrogens with one attached hydrogen (secondary N) is 1. The van der Waals surface area contributed by atoms with E-state index in [2.05, 4.69) is 0 Å². The molecule has 100 valence electrons. The molecule has 1 unspecified atom stereocenters. The van der Waals surface area contributed by atoms with Gasteiger partial charge in [-0.05, 0) is 7.60 Å². The molecule has 0 aromatic heterocycles. The number of hydrogen-bond donors (Lipinski definition) is 1. The van der Waals surface area contributed by atoms with Gasteiger partial charge in [0.2, 0.25) is 5.91 Å². The zero-order valence-electron chi connectivity index (χ0n) is 13.1. The van der Waals surface area contributed by atoms with Crippen molar-refractivity contribution in [3.8, 4) is 0 Å². The Morgan fingerprint density at radius 2 is 1.27 bits per heavy atom. The van der Waals surface area contributed by atoms with Crippen LogP contribution in [0.1, 0.15) is 6.42 Å². The molecule has 0 aliphatic rings. The molecule has 17 heteroatoms. The Kier molecular flexibility index (Phi) is 34.5. The first-order chi connectivity index (χ1) is 7.42. The first-order valence-electron chi connectivity index (χ1n) is 3.94. The van der Waals surface area contributed by atoms with Gasteiger partial charge in [-0.2, -0.15) is 0 Å².